The van der Waals surface area contributed by atoms with Gasteiger partial charge in [-0.25, -0.2) is 4.39 Å². The number of halogens is 1. The first kappa shape index (κ1) is 29.5. The van der Waals surface area contributed by atoms with Gasteiger partial charge in [-0.05, 0) is 51.3 Å². The minimum atomic E-state index is -1.35. The number of aromatic nitrogens is 1. The zero-order chi connectivity index (χ0) is 26.9. The molecule has 7 nitrogen and oxygen atoms in total. The summed E-state index contributed by atoms with van der Waals surface area (Å²) in [5.74, 6) is -2.42. The van der Waals surface area contributed by atoms with E-state index in [4.69, 9.17) is 4.74 Å². The Morgan fingerprint density at radius 3 is 2.69 bits per heavy atom. The number of amides is 1. The SMILES string of the molecule is C=CC[C@H]1C(=O)C(C)(C)[C@@H](O)CC(=O)N[C@H](/C(F)=C/c2ccccn2)C/C=C(/C)CCO[C@H](C)[C@H]1O. The number of ether oxygens (including phenoxy) is 1. The van der Waals surface area contributed by atoms with E-state index in [0.717, 1.165) is 5.57 Å². The molecule has 1 aliphatic rings. The molecule has 0 radical (unpaired) electrons. The van der Waals surface area contributed by atoms with Gasteiger partial charge in [-0.1, -0.05) is 37.6 Å². The van der Waals surface area contributed by atoms with E-state index in [1.54, 1.807) is 37.4 Å². The molecule has 0 unspecified atom stereocenters. The second kappa shape index (κ2) is 13.6. The summed E-state index contributed by atoms with van der Waals surface area (Å²) >= 11 is 0. The van der Waals surface area contributed by atoms with E-state index < -0.39 is 59.6 Å². The summed E-state index contributed by atoms with van der Waals surface area (Å²) in [5.41, 5.74) is -0.0106. The van der Waals surface area contributed by atoms with Crippen LogP contribution in [-0.2, 0) is 14.3 Å². The Bertz CT molecular complexity index is 960. The van der Waals surface area contributed by atoms with E-state index in [9.17, 15) is 19.8 Å². The molecule has 3 N–H and O–H groups in total. The minimum absolute atomic E-state index is 0.185. The van der Waals surface area contributed by atoms with Gasteiger partial charge in [0.2, 0.25) is 5.91 Å². The van der Waals surface area contributed by atoms with Gasteiger partial charge in [-0.3, -0.25) is 14.6 Å². The molecule has 0 bridgehead atoms. The molecule has 5 atom stereocenters. The van der Waals surface area contributed by atoms with E-state index in [2.05, 4.69) is 16.9 Å². The molecule has 2 heterocycles. The highest BCUT2D eigenvalue weighted by Crippen LogP contribution is 2.32. The van der Waals surface area contributed by atoms with Crippen LogP contribution in [0, 0.1) is 11.3 Å². The number of ketones is 1. The summed E-state index contributed by atoms with van der Waals surface area (Å²) in [6, 6.07) is 4.15. The lowest BCUT2D eigenvalue weighted by molar-refractivity contribution is -0.146. The number of pyridine rings is 1. The lowest BCUT2D eigenvalue weighted by Crippen LogP contribution is -2.49. The van der Waals surface area contributed by atoms with Crippen LogP contribution in [0.3, 0.4) is 0 Å². The van der Waals surface area contributed by atoms with Crippen LogP contribution in [0.15, 0.2) is 54.5 Å². The van der Waals surface area contributed by atoms with Gasteiger partial charge in [0, 0.05) is 6.20 Å². The Hall–Kier alpha value is -2.68. The smallest absolute Gasteiger partial charge is 0.223 e. The second-order valence-corrected chi connectivity index (χ2v) is 9.94. The monoisotopic (exact) mass is 502 g/mol. The topological polar surface area (TPSA) is 109 Å². The number of hydrogen-bond donors (Lipinski definition) is 3. The zero-order valence-corrected chi connectivity index (χ0v) is 21.6. The van der Waals surface area contributed by atoms with Crippen molar-refractivity contribution in [2.75, 3.05) is 6.61 Å². The largest absolute Gasteiger partial charge is 0.392 e. The molecule has 1 aliphatic heterocycles. The quantitative estimate of drug-likeness (QED) is 0.539. The molecule has 1 aromatic heterocycles. The van der Waals surface area contributed by atoms with Gasteiger partial charge >= 0.3 is 0 Å². The van der Waals surface area contributed by atoms with Crippen molar-refractivity contribution in [2.24, 2.45) is 11.3 Å². The third kappa shape index (κ3) is 8.18. The number of aliphatic hydroxyl groups is 2. The third-order valence-corrected chi connectivity index (χ3v) is 6.72. The van der Waals surface area contributed by atoms with Gasteiger partial charge in [0.05, 0.1) is 54.4 Å². The predicted octanol–water partition coefficient (Wildman–Crippen LogP) is 3.92. The number of carbonyl (C=O) groups excluding carboxylic acids is 2. The Kier molecular flexibility index (Phi) is 11.1. The summed E-state index contributed by atoms with van der Waals surface area (Å²) in [5, 5.41) is 24.4. The van der Waals surface area contributed by atoms with Gasteiger partial charge in [-0.2, -0.15) is 0 Å². The Balaban J connectivity index is 2.37. The summed E-state index contributed by atoms with van der Waals surface area (Å²) in [6.07, 6.45) is 3.60. The molecule has 0 spiro atoms. The summed E-state index contributed by atoms with van der Waals surface area (Å²) in [7, 11) is 0. The lowest BCUT2D eigenvalue weighted by Gasteiger charge is -2.35. The van der Waals surface area contributed by atoms with Crippen LogP contribution in [0.2, 0.25) is 0 Å². The number of hydrogen-bond acceptors (Lipinski definition) is 6. The van der Waals surface area contributed by atoms with Crippen molar-refractivity contribution in [3.63, 3.8) is 0 Å². The van der Waals surface area contributed by atoms with Crippen molar-refractivity contribution in [3.8, 4) is 0 Å². The molecule has 0 fully saturated rings. The van der Waals surface area contributed by atoms with E-state index in [0.29, 0.717) is 18.7 Å². The molecular weight excluding hydrogens is 463 g/mol. The summed E-state index contributed by atoms with van der Waals surface area (Å²) < 4.78 is 21.0. The third-order valence-electron chi connectivity index (χ3n) is 6.72. The van der Waals surface area contributed by atoms with Gasteiger partial charge in [0.1, 0.15) is 11.6 Å². The van der Waals surface area contributed by atoms with Crippen molar-refractivity contribution >= 4 is 17.8 Å². The van der Waals surface area contributed by atoms with Crippen molar-refractivity contribution in [1.29, 1.82) is 0 Å². The highest BCUT2D eigenvalue weighted by molar-refractivity contribution is 5.88. The molecule has 8 heteroatoms. The first-order valence-corrected chi connectivity index (χ1v) is 12.3. The Labute approximate surface area is 213 Å². The van der Waals surface area contributed by atoms with Crippen molar-refractivity contribution in [1.82, 2.24) is 10.3 Å². The molecule has 36 heavy (non-hydrogen) atoms. The zero-order valence-electron chi connectivity index (χ0n) is 21.6. The fourth-order valence-corrected chi connectivity index (χ4v) is 4.10. The second-order valence-electron chi connectivity index (χ2n) is 9.94. The number of rotatable bonds is 4. The maximum absolute atomic E-state index is 15.2. The Morgan fingerprint density at radius 1 is 1.33 bits per heavy atom. The number of allylic oxidation sites excluding steroid dienone is 1. The van der Waals surface area contributed by atoms with Crippen LogP contribution in [-0.4, -0.2) is 57.8 Å². The number of carbonyl (C=O) groups is 2. The molecule has 1 amide bonds. The minimum Gasteiger partial charge on any atom is -0.392 e. The van der Waals surface area contributed by atoms with Crippen molar-refractivity contribution in [2.45, 2.75) is 77.7 Å². The lowest BCUT2D eigenvalue weighted by atomic mass is 9.72. The van der Waals surface area contributed by atoms with Crippen LogP contribution < -0.4 is 5.32 Å². The summed E-state index contributed by atoms with van der Waals surface area (Å²) in [4.78, 5) is 30.4. The molecule has 2 rings (SSSR count). The number of nitrogens with zero attached hydrogens (tertiary/aromatic N) is 1. The van der Waals surface area contributed by atoms with Crippen LogP contribution in [0.5, 0.6) is 0 Å². The average molecular weight is 503 g/mol. The van der Waals surface area contributed by atoms with E-state index in [1.807, 2.05) is 13.0 Å². The molecule has 198 valence electrons. The predicted molar refractivity (Wildman–Crippen MR) is 137 cm³/mol. The average Bonchev–Trinajstić information content (AvgIpc) is 2.84. The highest BCUT2D eigenvalue weighted by atomic mass is 19.1. The van der Waals surface area contributed by atoms with Crippen LogP contribution in [0.25, 0.3) is 6.08 Å². The number of nitrogens with one attached hydrogen (secondary N) is 1. The van der Waals surface area contributed by atoms with Gasteiger partial charge in [0.15, 0.2) is 0 Å². The molecule has 0 saturated heterocycles. The van der Waals surface area contributed by atoms with Gasteiger partial charge in [0.25, 0.3) is 0 Å². The number of Topliss-reactive ketones (excluding diaryl/α,β-unsaturated/α-hetero) is 1. The van der Waals surface area contributed by atoms with Crippen LogP contribution in [0.4, 0.5) is 4.39 Å². The fourth-order valence-electron chi connectivity index (χ4n) is 4.10. The van der Waals surface area contributed by atoms with E-state index in [-0.39, 0.29) is 12.8 Å². The Morgan fingerprint density at radius 2 is 2.06 bits per heavy atom. The first-order valence-electron chi connectivity index (χ1n) is 12.3. The maximum atomic E-state index is 15.2. The highest BCUT2D eigenvalue weighted by Gasteiger charge is 2.43. The van der Waals surface area contributed by atoms with Gasteiger partial charge < -0.3 is 20.3 Å². The number of aliphatic hydroxyl groups excluding tert-OH is 2. The van der Waals surface area contributed by atoms with Crippen LogP contribution in [0.1, 0.15) is 59.1 Å². The van der Waals surface area contributed by atoms with Gasteiger partial charge in [-0.15, -0.1) is 6.58 Å². The summed E-state index contributed by atoms with van der Waals surface area (Å²) in [6.45, 7) is 10.6. The normalized spacial score (nSPS) is 30.7. The molecule has 0 saturated carbocycles. The van der Waals surface area contributed by atoms with Crippen molar-refractivity contribution in [3.05, 3.63) is 60.2 Å². The van der Waals surface area contributed by atoms with E-state index in [1.165, 1.54) is 19.9 Å². The maximum Gasteiger partial charge on any atom is 0.223 e. The molecule has 0 aromatic carbocycles. The fraction of sp³-hybridized carbons (Fsp3) is 0.536. The molecule has 0 aliphatic carbocycles. The standard InChI is InChI=1S/C28H39FN2O5/c1-6-9-21-26(34)19(3)36-15-13-18(2)11-12-23(22(29)16-20-10-7-8-14-30-20)31-25(33)17-24(32)28(4,5)27(21)35/h6-8,10-11,14,16,19,21,23-24,26,32,34H,1,9,12-13,15,17H2,2-5H3,(H,31,33)/b18-11-,22-16-/t19-,21-,23+,24+,26-/m1/s1. The van der Waals surface area contributed by atoms with E-state index >= 15 is 4.39 Å². The first-order chi connectivity index (χ1) is 17.0. The van der Waals surface area contributed by atoms with Crippen molar-refractivity contribution < 1.29 is 28.9 Å². The molecule has 1 aromatic rings. The molecular formula is C28H39FN2O5. The van der Waals surface area contributed by atoms with Crippen LogP contribution >= 0.6 is 0 Å².